The lowest BCUT2D eigenvalue weighted by Crippen LogP contribution is -2.58. The number of fused-ring (bicyclic) bond motifs is 11. The Morgan fingerprint density at radius 3 is 1.33 bits per heavy atom. The zero-order valence-electron chi connectivity index (χ0n) is 20.7. The predicted octanol–water partition coefficient (Wildman–Crippen LogP) is 5.51. The Kier molecular flexibility index (Phi) is 2.56. The van der Waals surface area contributed by atoms with E-state index in [1.54, 1.807) is 0 Å². The molecule has 0 amide bonds. The van der Waals surface area contributed by atoms with Gasteiger partial charge in [0.1, 0.15) is 11.3 Å². The second kappa shape index (κ2) is 5.50. The largest absolute Gasteiger partial charge is 0.295 e. The molecule has 0 saturated carbocycles. The van der Waals surface area contributed by atoms with Crippen LogP contribution in [-0.2, 0) is 0 Å². The Labute approximate surface area is 221 Å². The van der Waals surface area contributed by atoms with Crippen LogP contribution in [0.1, 0.15) is 0 Å². The highest BCUT2D eigenvalue weighted by Crippen LogP contribution is 2.44. The Bertz CT molecular complexity index is 2490. The van der Waals surface area contributed by atoms with Crippen LogP contribution in [0.4, 0.5) is 0 Å². The van der Waals surface area contributed by atoms with Crippen molar-refractivity contribution in [2.24, 2.45) is 0 Å². The van der Waals surface area contributed by atoms with Gasteiger partial charge in [-0.2, -0.15) is 0 Å². The monoisotopic (exact) mass is 492 g/mol. The Hall–Kier alpha value is -5.16. The van der Waals surface area contributed by atoms with E-state index in [0.29, 0.717) is 0 Å². The van der Waals surface area contributed by atoms with Crippen molar-refractivity contribution < 1.29 is 0 Å². The highest BCUT2D eigenvalue weighted by Gasteiger charge is 2.46. The fourth-order valence-electron chi connectivity index (χ4n) is 8.70. The molecule has 4 aromatic heterocycles. The molecule has 0 atom stereocenters. The average Bonchev–Trinajstić information content (AvgIpc) is 3.68. The number of para-hydroxylation sites is 4. The zero-order valence-corrected chi connectivity index (χ0v) is 20.7. The van der Waals surface area contributed by atoms with Crippen LogP contribution >= 0.6 is 0 Å². The van der Waals surface area contributed by atoms with E-state index in [-0.39, 0.29) is 6.71 Å². The normalized spacial score (nSPS) is 14.1. The molecular weight excluding hydrogens is 475 g/mol. The van der Waals surface area contributed by atoms with E-state index in [9.17, 15) is 0 Å². The van der Waals surface area contributed by atoms with Crippen molar-refractivity contribution in [1.82, 2.24) is 17.9 Å². The number of rotatable bonds is 0. The number of hydrogen-bond donors (Lipinski definition) is 0. The van der Waals surface area contributed by atoms with Gasteiger partial charge in [0, 0.05) is 22.1 Å². The molecule has 0 radical (unpaired) electrons. The second-order valence-corrected chi connectivity index (χ2v) is 11.3. The number of aromatic nitrogens is 4. The maximum Gasteiger partial charge on any atom is 0.258 e. The molecule has 3 aliphatic heterocycles. The van der Waals surface area contributed by atoms with Crippen molar-refractivity contribution in [2.75, 3.05) is 0 Å². The molecule has 5 aromatic carbocycles. The van der Waals surface area contributed by atoms with Gasteiger partial charge in [-0.15, -0.1) is 0 Å². The molecule has 39 heavy (non-hydrogen) atoms. The quantitative estimate of drug-likeness (QED) is 0.249. The van der Waals surface area contributed by atoms with Gasteiger partial charge >= 0.3 is 0 Å². The summed E-state index contributed by atoms with van der Waals surface area (Å²) in [6, 6.07) is 38.6. The number of benzene rings is 5. The molecule has 4 nitrogen and oxygen atoms in total. The molecule has 176 valence electrons. The molecule has 5 heteroatoms. The summed E-state index contributed by atoms with van der Waals surface area (Å²) in [6.45, 7) is 0.176. The topological polar surface area (TPSA) is 18.7 Å². The van der Waals surface area contributed by atoms with Crippen LogP contribution in [0.5, 0.6) is 0 Å². The summed E-state index contributed by atoms with van der Waals surface area (Å²) in [6.07, 6.45) is 0. The average molecular weight is 492 g/mol. The van der Waals surface area contributed by atoms with E-state index >= 15 is 0 Å². The molecule has 12 rings (SSSR count). The van der Waals surface area contributed by atoms with E-state index < -0.39 is 0 Å². The van der Waals surface area contributed by atoms with E-state index in [2.05, 4.69) is 121 Å². The smallest absolute Gasteiger partial charge is 0.258 e. The summed E-state index contributed by atoms with van der Waals surface area (Å²) < 4.78 is 10.1. The molecule has 3 aliphatic rings. The third kappa shape index (κ3) is 1.62. The van der Waals surface area contributed by atoms with E-state index in [1.165, 1.54) is 94.1 Å². The Morgan fingerprint density at radius 1 is 0.385 bits per heavy atom. The molecule has 0 bridgehead atoms. The molecule has 9 aromatic rings. The van der Waals surface area contributed by atoms with Gasteiger partial charge in [0.15, 0.2) is 0 Å². The van der Waals surface area contributed by atoms with Crippen LogP contribution < -0.4 is 16.4 Å². The third-order valence-corrected chi connectivity index (χ3v) is 9.86. The van der Waals surface area contributed by atoms with Gasteiger partial charge in [0.2, 0.25) is 0 Å². The number of hydrogen-bond acceptors (Lipinski definition) is 0. The molecule has 0 fully saturated rings. The van der Waals surface area contributed by atoms with Gasteiger partial charge in [-0.3, -0.25) is 17.9 Å². The highest BCUT2D eigenvalue weighted by atomic mass is 15.2. The fraction of sp³-hybridized carbons (Fsp3) is 0. The lowest BCUT2D eigenvalue weighted by molar-refractivity contribution is 1.12. The minimum atomic E-state index is 0.176. The predicted molar refractivity (Wildman–Crippen MR) is 161 cm³/mol. The van der Waals surface area contributed by atoms with Crippen molar-refractivity contribution in [1.29, 1.82) is 0 Å². The Balaban J connectivity index is 1.52. The molecule has 0 spiro atoms. The highest BCUT2D eigenvalue weighted by molar-refractivity contribution is 7.03. The lowest BCUT2D eigenvalue weighted by Gasteiger charge is -2.31. The fourth-order valence-corrected chi connectivity index (χ4v) is 8.70. The minimum Gasteiger partial charge on any atom is -0.295 e. The zero-order chi connectivity index (χ0) is 24.7. The SMILES string of the molecule is c1cc2c3c(c1)-n1c4ccccc4n4c5cccc6c5c(c14)B3c1c3c-6cccc3n3c4ccccc4n-2c13. The standard InChI is InChI=1S/C34H17BN4/c1-3-12-22-20(10-1)36-24-14-5-8-18-19-9-6-15-25-29(19)32-34-37(25)21-11-2-4-13-23(21)39(34)27-17-7-16-26-30(27)35(32)31(28(18)24)33(36)38(22)26/h1-17H. The van der Waals surface area contributed by atoms with Crippen molar-refractivity contribution in [2.45, 2.75) is 0 Å². The van der Waals surface area contributed by atoms with Crippen molar-refractivity contribution in [3.63, 3.8) is 0 Å². The molecule has 7 heterocycles. The van der Waals surface area contributed by atoms with Gasteiger partial charge in [0.05, 0.1) is 33.1 Å². The molecule has 0 aliphatic carbocycles. The van der Waals surface area contributed by atoms with Crippen LogP contribution in [0.25, 0.3) is 77.7 Å². The summed E-state index contributed by atoms with van der Waals surface area (Å²) in [5, 5.41) is 2.81. The Morgan fingerprint density at radius 2 is 0.821 bits per heavy atom. The van der Waals surface area contributed by atoms with Crippen LogP contribution in [0.15, 0.2) is 103 Å². The first-order chi connectivity index (χ1) is 19.4. The van der Waals surface area contributed by atoms with Crippen molar-refractivity contribution in [3.8, 4) is 22.5 Å². The molecule has 0 N–H and O–H groups in total. The lowest BCUT2D eigenvalue weighted by atomic mass is 9.34. The maximum atomic E-state index is 2.54. The first-order valence-corrected chi connectivity index (χ1v) is 13.7. The van der Waals surface area contributed by atoms with E-state index in [1.807, 2.05) is 0 Å². The second-order valence-electron chi connectivity index (χ2n) is 11.3. The van der Waals surface area contributed by atoms with E-state index in [4.69, 9.17) is 0 Å². The third-order valence-electron chi connectivity index (χ3n) is 9.86. The van der Waals surface area contributed by atoms with Gasteiger partial charge in [-0.05, 0) is 76.0 Å². The van der Waals surface area contributed by atoms with Crippen molar-refractivity contribution in [3.05, 3.63) is 103 Å². The summed E-state index contributed by atoms with van der Waals surface area (Å²) in [5.74, 6) is 0. The van der Waals surface area contributed by atoms with Gasteiger partial charge in [-0.25, -0.2) is 0 Å². The molecule has 0 unspecified atom stereocenters. The summed E-state index contributed by atoms with van der Waals surface area (Å²) in [5.41, 5.74) is 20.0. The van der Waals surface area contributed by atoms with Crippen LogP contribution in [0.2, 0.25) is 0 Å². The van der Waals surface area contributed by atoms with Gasteiger partial charge < -0.3 is 0 Å². The van der Waals surface area contributed by atoms with Crippen LogP contribution in [0.3, 0.4) is 0 Å². The first kappa shape index (κ1) is 18.2. The molecule has 0 saturated heterocycles. The summed E-state index contributed by atoms with van der Waals surface area (Å²) >= 11 is 0. The number of nitrogens with zero attached hydrogens (tertiary/aromatic N) is 4. The first-order valence-electron chi connectivity index (χ1n) is 13.7. The van der Waals surface area contributed by atoms with Crippen molar-refractivity contribution >= 4 is 78.3 Å². The van der Waals surface area contributed by atoms with E-state index in [0.717, 1.165) is 0 Å². The van der Waals surface area contributed by atoms with Gasteiger partial charge in [-0.1, -0.05) is 54.6 Å². The van der Waals surface area contributed by atoms with Crippen LogP contribution in [-0.4, -0.2) is 24.6 Å². The summed E-state index contributed by atoms with van der Waals surface area (Å²) in [7, 11) is 0. The van der Waals surface area contributed by atoms with Gasteiger partial charge in [0.25, 0.3) is 6.71 Å². The summed E-state index contributed by atoms with van der Waals surface area (Å²) in [4.78, 5) is 0. The van der Waals surface area contributed by atoms with Crippen LogP contribution in [0, 0.1) is 0 Å². The minimum absolute atomic E-state index is 0.176. The molecular formula is C34H17BN4. The maximum absolute atomic E-state index is 2.54. The number of imidazole rings is 2.